The Morgan fingerprint density at radius 1 is 1.17 bits per heavy atom. The van der Waals surface area contributed by atoms with Gasteiger partial charge in [0.05, 0.1) is 23.1 Å². The van der Waals surface area contributed by atoms with E-state index in [9.17, 15) is 4.79 Å². The zero-order chi connectivity index (χ0) is 21.2. The summed E-state index contributed by atoms with van der Waals surface area (Å²) in [4.78, 5) is 15.8. The molecule has 1 fully saturated rings. The fourth-order valence-electron chi connectivity index (χ4n) is 4.87. The Balaban J connectivity index is 1.92. The van der Waals surface area contributed by atoms with E-state index < -0.39 is 0 Å². The zero-order valence-corrected chi connectivity index (χ0v) is 18.8. The number of hydrogen-bond acceptors (Lipinski definition) is 3. The molecule has 1 aliphatic rings. The number of aromatic nitrogens is 2. The lowest BCUT2D eigenvalue weighted by Gasteiger charge is -2.49. The Bertz CT molecular complexity index is 822. The van der Waals surface area contributed by atoms with Crippen molar-refractivity contribution in [3.63, 3.8) is 0 Å². The average molecular weight is 397 g/mol. The minimum Gasteiger partial charge on any atom is -0.335 e. The van der Waals surface area contributed by atoms with Gasteiger partial charge in [0.2, 0.25) is 0 Å². The van der Waals surface area contributed by atoms with Crippen LogP contribution in [-0.2, 0) is 0 Å². The maximum atomic E-state index is 13.7. The standard InChI is InChI=1S/C24H36N4O/c1-7-8-14-27(20-15-23(3,4)26-24(5,6)16-20)22(29)21-17-25-28(18(21)2)19-12-10-9-11-13-19/h9-13,17,20,26H,7-8,14-16H2,1-6H3. The maximum absolute atomic E-state index is 13.7. The number of nitrogens with zero attached hydrogens (tertiary/aromatic N) is 3. The van der Waals surface area contributed by atoms with E-state index in [4.69, 9.17) is 0 Å². The Kier molecular flexibility index (Phi) is 6.18. The number of hydrogen-bond donors (Lipinski definition) is 1. The molecule has 1 aliphatic heterocycles. The molecular weight excluding hydrogens is 360 g/mol. The van der Waals surface area contributed by atoms with Gasteiger partial charge in [0, 0.05) is 23.7 Å². The van der Waals surface area contributed by atoms with Crippen LogP contribution in [0.4, 0.5) is 0 Å². The van der Waals surface area contributed by atoms with E-state index in [1.165, 1.54) is 0 Å². The van der Waals surface area contributed by atoms with Gasteiger partial charge in [0.15, 0.2) is 0 Å². The summed E-state index contributed by atoms with van der Waals surface area (Å²) in [7, 11) is 0. The Morgan fingerprint density at radius 2 is 1.79 bits per heavy atom. The molecule has 2 heterocycles. The number of para-hydroxylation sites is 1. The fraction of sp³-hybridized carbons (Fsp3) is 0.583. The average Bonchev–Trinajstić information content (AvgIpc) is 3.01. The van der Waals surface area contributed by atoms with E-state index in [-0.39, 0.29) is 23.0 Å². The predicted octanol–water partition coefficient (Wildman–Crippen LogP) is 4.73. The second kappa shape index (κ2) is 8.31. The van der Waals surface area contributed by atoms with Crippen LogP contribution in [-0.4, -0.2) is 44.3 Å². The van der Waals surface area contributed by atoms with Crippen LogP contribution in [0.15, 0.2) is 36.5 Å². The maximum Gasteiger partial charge on any atom is 0.257 e. The highest BCUT2D eigenvalue weighted by Gasteiger charge is 2.41. The fourth-order valence-corrected chi connectivity index (χ4v) is 4.87. The van der Waals surface area contributed by atoms with Crippen molar-refractivity contribution in [3.05, 3.63) is 47.8 Å². The molecule has 1 N–H and O–H groups in total. The van der Waals surface area contributed by atoms with Gasteiger partial charge in [0.1, 0.15) is 0 Å². The van der Waals surface area contributed by atoms with Gasteiger partial charge in [-0.25, -0.2) is 4.68 Å². The van der Waals surface area contributed by atoms with Gasteiger partial charge in [-0.15, -0.1) is 0 Å². The molecule has 1 amide bonds. The van der Waals surface area contributed by atoms with Crippen LogP contribution in [0, 0.1) is 6.92 Å². The normalized spacial score (nSPS) is 18.6. The van der Waals surface area contributed by atoms with Crippen molar-refractivity contribution in [1.82, 2.24) is 20.0 Å². The number of nitrogens with one attached hydrogen (secondary N) is 1. The van der Waals surface area contributed by atoms with Gasteiger partial charge < -0.3 is 10.2 Å². The van der Waals surface area contributed by atoms with Crippen molar-refractivity contribution < 1.29 is 4.79 Å². The highest BCUT2D eigenvalue weighted by molar-refractivity contribution is 5.95. The minimum atomic E-state index is 0.000423. The van der Waals surface area contributed by atoms with E-state index in [0.29, 0.717) is 5.56 Å². The molecule has 1 aromatic carbocycles. The summed E-state index contributed by atoms with van der Waals surface area (Å²) in [5.74, 6) is 0.108. The molecular formula is C24H36N4O. The molecule has 0 unspecified atom stereocenters. The second-order valence-electron chi connectivity index (χ2n) is 9.70. The van der Waals surface area contributed by atoms with Gasteiger partial charge in [-0.05, 0) is 66.0 Å². The molecule has 5 heteroatoms. The van der Waals surface area contributed by atoms with Crippen LogP contribution in [0.3, 0.4) is 0 Å². The Hall–Kier alpha value is -2.14. The second-order valence-corrected chi connectivity index (χ2v) is 9.70. The van der Waals surface area contributed by atoms with Gasteiger partial charge in [0.25, 0.3) is 5.91 Å². The van der Waals surface area contributed by atoms with Crippen molar-refractivity contribution >= 4 is 5.91 Å². The third kappa shape index (κ3) is 4.89. The van der Waals surface area contributed by atoms with Crippen molar-refractivity contribution in [3.8, 4) is 5.69 Å². The Labute approximate surface area is 175 Å². The molecule has 0 saturated carbocycles. The highest BCUT2D eigenvalue weighted by Crippen LogP contribution is 2.33. The van der Waals surface area contributed by atoms with Crippen molar-refractivity contribution in [2.75, 3.05) is 6.54 Å². The van der Waals surface area contributed by atoms with Crippen LogP contribution in [0.5, 0.6) is 0 Å². The van der Waals surface area contributed by atoms with E-state index in [2.05, 4.69) is 49.9 Å². The molecule has 1 saturated heterocycles. The van der Waals surface area contributed by atoms with E-state index in [0.717, 1.165) is 43.6 Å². The SMILES string of the molecule is CCCCN(C(=O)c1cnn(-c2ccccc2)c1C)C1CC(C)(C)NC(C)(C)C1. The third-order valence-corrected chi connectivity index (χ3v) is 5.86. The number of amides is 1. The summed E-state index contributed by atoms with van der Waals surface area (Å²) in [6.07, 6.45) is 5.74. The van der Waals surface area contributed by atoms with Gasteiger partial charge in [-0.2, -0.15) is 5.10 Å². The first-order chi connectivity index (χ1) is 13.6. The topological polar surface area (TPSA) is 50.2 Å². The first-order valence-corrected chi connectivity index (χ1v) is 10.8. The molecule has 0 bridgehead atoms. The molecule has 1 aromatic heterocycles. The molecule has 0 atom stereocenters. The summed E-state index contributed by atoms with van der Waals surface area (Å²) >= 11 is 0. The van der Waals surface area contributed by atoms with Gasteiger partial charge in [-0.1, -0.05) is 31.5 Å². The lowest BCUT2D eigenvalue weighted by Crippen LogP contribution is -2.62. The highest BCUT2D eigenvalue weighted by atomic mass is 16.2. The number of unbranched alkanes of at least 4 members (excludes halogenated alkanes) is 1. The zero-order valence-electron chi connectivity index (χ0n) is 18.8. The first-order valence-electron chi connectivity index (χ1n) is 10.8. The number of benzene rings is 1. The van der Waals surface area contributed by atoms with Crippen LogP contribution in [0.25, 0.3) is 5.69 Å². The van der Waals surface area contributed by atoms with Crippen LogP contribution in [0.2, 0.25) is 0 Å². The molecule has 0 spiro atoms. The smallest absolute Gasteiger partial charge is 0.257 e. The predicted molar refractivity (Wildman–Crippen MR) is 119 cm³/mol. The summed E-state index contributed by atoms with van der Waals surface area (Å²) in [6, 6.07) is 10.2. The quantitative estimate of drug-likeness (QED) is 0.768. The molecule has 158 valence electrons. The molecule has 29 heavy (non-hydrogen) atoms. The molecule has 3 rings (SSSR count). The number of piperidine rings is 1. The molecule has 0 radical (unpaired) electrons. The van der Waals surface area contributed by atoms with E-state index >= 15 is 0 Å². The van der Waals surface area contributed by atoms with Gasteiger partial charge in [-0.3, -0.25) is 4.79 Å². The lowest BCUT2D eigenvalue weighted by atomic mass is 9.78. The summed E-state index contributed by atoms with van der Waals surface area (Å²) in [5.41, 5.74) is 2.59. The monoisotopic (exact) mass is 396 g/mol. The molecule has 0 aliphatic carbocycles. The van der Waals surface area contributed by atoms with Gasteiger partial charge >= 0.3 is 0 Å². The third-order valence-electron chi connectivity index (χ3n) is 5.86. The summed E-state index contributed by atoms with van der Waals surface area (Å²) in [6.45, 7) is 13.9. The van der Waals surface area contributed by atoms with Crippen molar-refractivity contribution in [2.45, 2.75) is 84.3 Å². The summed E-state index contributed by atoms with van der Waals surface area (Å²) in [5, 5.41) is 8.26. The lowest BCUT2D eigenvalue weighted by molar-refractivity contribution is 0.0441. The number of carbonyl (C=O) groups is 1. The van der Waals surface area contributed by atoms with E-state index in [1.807, 2.05) is 41.9 Å². The number of carbonyl (C=O) groups excluding carboxylic acids is 1. The Morgan fingerprint density at radius 3 is 2.38 bits per heavy atom. The van der Waals surface area contributed by atoms with Crippen molar-refractivity contribution in [1.29, 1.82) is 0 Å². The van der Waals surface area contributed by atoms with Crippen LogP contribution >= 0.6 is 0 Å². The van der Waals surface area contributed by atoms with Crippen molar-refractivity contribution in [2.24, 2.45) is 0 Å². The largest absolute Gasteiger partial charge is 0.335 e. The number of rotatable bonds is 6. The summed E-state index contributed by atoms with van der Waals surface area (Å²) < 4.78 is 1.86. The van der Waals surface area contributed by atoms with Crippen LogP contribution in [0.1, 0.15) is 76.4 Å². The molecule has 5 nitrogen and oxygen atoms in total. The van der Waals surface area contributed by atoms with Crippen LogP contribution < -0.4 is 5.32 Å². The first kappa shape index (κ1) is 21.6. The minimum absolute atomic E-state index is 0.000423. The molecule has 2 aromatic rings. The van der Waals surface area contributed by atoms with E-state index in [1.54, 1.807) is 6.20 Å².